The second-order valence-corrected chi connectivity index (χ2v) is 8.89. The molecule has 0 atom stereocenters. The van der Waals surface area contributed by atoms with Crippen LogP contribution in [0.3, 0.4) is 0 Å². The van der Waals surface area contributed by atoms with Crippen LogP contribution < -0.4 is 14.2 Å². The average Bonchev–Trinajstić information content (AvgIpc) is 2.82. The number of benzene rings is 3. The van der Waals surface area contributed by atoms with Gasteiger partial charge in [-0.1, -0.05) is 29.8 Å². The highest BCUT2D eigenvalue weighted by atomic mass is 35.5. The minimum Gasteiger partial charge on any atom is -0.495 e. The third kappa shape index (κ3) is 5.64. The van der Waals surface area contributed by atoms with Crippen molar-refractivity contribution in [3.05, 3.63) is 82.6 Å². The lowest BCUT2D eigenvalue weighted by Crippen LogP contribution is -2.17. The third-order valence-electron chi connectivity index (χ3n) is 4.61. The van der Waals surface area contributed by atoms with Gasteiger partial charge < -0.3 is 14.2 Å². The van der Waals surface area contributed by atoms with E-state index in [4.69, 9.17) is 25.8 Å². The van der Waals surface area contributed by atoms with Gasteiger partial charge in [0.15, 0.2) is 6.61 Å². The summed E-state index contributed by atoms with van der Waals surface area (Å²) in [4.78, 5) is 24.2. The van der Waals surface area contributed by atoms with Gasteiger partial charge in [0.2, 0.25) is 5.78 Å². The van der Waals surface area contributed by atoms with Crippen LogP contribution in [0.5, 0.6) is 11.5 Å². The molecule has 0 spiro atoms. The smallest absolute Gasteiger partial charge is 0.338 e. The van der Waals surface area contributed by atoms with E-state index in [2.05, 4.69) is 4.72 Å². The maximum absolute atomic E-state index is 13.7. The largest absolute Gasteiger partial charge is 0.495 e. The molecule has 0 aliphatic heterocycles. The van der Waals surface area contributed by atoms with E-state index in [1.807, 2.05) is 0 Å². The molecule has 3 aromatic rings. The fourth-order valence-corrected chi connectivity index (χ4v) is 4.26. The van der Waals surface area contributed by atoms with Crippen LogP contribution in [0.2, 0.25) is 5.02 Å². The van der Waals surface area contributed by atoms with Gasteiger partial charge in [-0.15, -0.1) is 0 Å². The van der Waals surface area contributed by atoms with Gasteiger partial charge in [-0.2, -0.15) is 0 Å². The van der Waals surface area contributed by atoms with Crippen LogP contribution in [-0.4, -0.2) is 41.0 Å². The summed E-state index contributed by atoms with van der Waals surface area (Å²) in [6.07, 6.45) is 0. The Morgan fingerprint density at radius 3 is 2.35 bits per heavy atom. The number of anilines is 1. The Hall–Kier alpha value is -3.63. The van der Waals surface area contributed by atoms with Crippen molar-refractivity contribution < 1.29 is 36.6 Å². The molecule has 3 aromatic carbocycles. The standard InChI is InChI=1S/C23H19ClFNO7S/c1-31-21-12-22(32-2)19(11-17(21)24)26-34(29,30)15-7-5-6-14(10-15)23(28)33-13-20(27)16-8-3-4-9-18(16)25/h3-12,26H,13H2,1-2H3. The van der Waals surface area contributed by atoms with Gasteiger partial charge in [0.25, 0.3) is 10.0 Å². The van der Waals surface area contributed by atoms with E-state index in [-0.39, 0.29) is 38.2 Å². The second-order valence-electron chi connectivity index (χ2n) is 6.80. The molecule has 0 fully saturated rings. The van der Waals surface area contributed by atoms with E-state index in [1.54, 1.807) is 0 Å². The van der Waals surface area contributed by atoms with Crippen molar-refractivity contribution in [3.63, 3.8) is 0 Å². The van der Waals surface area contributed by atoms with Crippen molar-refractivity contribution >= 4 is 39.1 Å². The minimum absolute atomic E-state index is 0.0526. The van der Waals surface area contributed by atoms with E-state index in [0.29, 0.717) is 0 Å². The van der Waals surface area contributed by atoms with E-state index in [1.165, 1.54) is 62.8 Å². The molecule has 1 N–H and O–H groups in total. The lowest BCUT2D eigenvalue weighted by atomic mass is 10.1. The first kappa shape index (κ1) is 25.0. The summed E-state index contributed by atoms with van der Waals surface area (Å²) in [7, 11) is -1.42. The zero-order chi connectivity index (χ0) is 24.9. The monoisotopic (exact) mass is 507 g/mol. The van der Waals surface area contributed by atoms with E-state index < -0.39 is 34.2 Å². The molecule has 0 aliphatic carbocycles. The lowest BCUT2D eigenvalue weighted by Gasteiger charge is -2.14. The van der Waals surface area contributed by atoms with Crippen LogP contribution in [0, 0.1) is 5.82 Å². The van der Waals surface area contributed by atoms with E-state index in [9.17, 15) is 22.4 Å². The van der Waals surface area contributed by atoms with Crippen LogP contribution in [0.4, 0.5) is 10.1 Å². The molecule has 0 heterocycles. The summed E-state index contributed by atoms with van der Waals surface area (Å²) in [5, 5.41) is 0.151. The number of methoxy groups -OCH3 is 2. The van der Waals surface area contributed by atoms with E-state index in [0.717, 1.165) is 12.1 Å². The van der Waals surface area contributed by atoms with Crippen molar-refractivity contribution in [2.24, 2.45) is 0 Å². The molecular weight excluding hydrogens is 489 g/mol. The molecule has 0 saturated carbocycles. The Balaban J connectivity index is 1.78. The minimum atomic E-state index is -4.17. The van der Waals surface area contributed by atoms with Crippen LogP contribution in [0.1, 0.15) is 20.7 Å². The topological polar surface area (TPSA) is 108 Å². The molecule has 0 aromatic heterocycles. The van der Waals surface area contributed by atoms with Crippen molar-refractivity contribution in [2.45, 2.75) is 4.90 Å². The molecule has 0 bridgehead atoms. The summed E-state index contributed by atoms with van der Waals surface area (Å²) in [5.74, 6) is -1.98. The number of ketones is 1. The number of carbonyl (C=O) groups excluding carboxylic acids is 2. The molecule has 0 amide bonds. The van der Waals surface area contributed by atoms with Crippen LogP contribution in [0.25, 0.3) is 0 Å². The summed E-state index contributed by atoms with van der Waals surface area (Å²) < 4.78 is 57.1. The third-order valence-corrected chi connectivity index (χ3v) is 6.27. The highest BCUT2D eigenvalue weighted by Crippen LogP contribution is 2.37. The Labute approximate surface area is 200 Å². The zero-order valence-electron chi connectivity index (χ0n) is 18.0. The lowest BCUT2D eigenvalue weighted by molar-refractivity contribution is 0.0473. The first-order valence-corrected chi connectivity index (χ1v) is 11.5. The first-order chi connectivity index (χ1) is 16.2. The molecule has 0 saturated heterocycles. The number of hydrogen-bond acceptors (Lipinski definition) is 7. The molecule has 8 nitrogen and oxygen atoms in total. The summed E-state index contributed by atoms with van der Waals surface area (Å²) in [6, 6.07) is 13.0. The number of ether oxygens (including phenoxy) is 3. The molecule has 3 rings (SSSR count). The maximum atomic E-state index is 13.7. The highest BCUT2D eigenvalue weighted by Gasteiger charge is 2.21. The number of rotatable bonds is 9. The number of Topliss-reactive ketones (excluding diaryl/α,β-unsaturated/α-hetero) is 1. The summed E-state index contributed by atoms with van der Waals surface area (Å²) >= 11 is 6.09. The first-order valence-electron chi connectivity index (χ1n) is 9.65. The van der Waals surface area contributed by atoms with Gasteiger partial charge in [0.1, 0.15) is 17.3 Å². The van der Waals surface area contributed by atoms with Crippen molar-refractivity contribution in [3.8, 4) is 11.5 Å². The van der Waals surface area contributed by atoms with Gasteiger partial charge >= 0.3 is 5.97 Å². The number of hydrogen-bond donors (Lipinski definition) is 1. The quantitative estimate of drug-likeness (QED) is 0.339. The van der Waals surface area contributed by atoms with Gasteiger partial charge in [-0.05, 0) is 36.4 Å². The Kier molecular flexibility index (Phi) is 7.75. The van der Waals surface area contributed by atoms with Gasteiger partial charge in [0, 0.05) is 6.07 Å². The number of sulfonamides is 1. The summed E-state index contributed by atoms with van der Waals surface area (Å²) in [6.45, 7) is -0.712. The Bertz CT molecular complexity index is 1340. The molecular formula is C23H19ClFNO7S. The molecule has 0 aliphatic rings. The number of esters is 1. The fraction of sp³-hybridized carbons (Fsp3) is 0.130. The predicted molar refractivity (Wildman–Crippen MR) is 123 cm³/mol. The Morgan fingerprint density at radius 2 is 1.68 bits per heavy atom. The van der Waals surface area contributed by atoms with Gasteiger partial charge in [-0.25, -0.2) is 17.6 Å². The molecule has 178 valence electrons. The molecule has 0 radical (unpaired) electrons. The fourth-order valence-electron chi connectivity index (χ4n) is 2.91. The SMILES string of the molecule is COc1cc(OC)c(NS(=O)(=O)c2cccc(C(=O)OCC(=O)c3ccccc3F)c2)cc1Cl. The van der Waals surface area contributed by atoms with Crippen LogP contribution >= 0.6 is 11.6 Å². The number of carbonyl (C=O) groups is 2. The van der Waals surface area contributed by atoms with Crippen molar-refractivity contribution in [1.29, 1.82) is 0 Å². The summed E-state index contributed by atoms with van der Waals surface area (Å²) in [5.41, 5.74) is -0.288. The molecule has 0 unspecified atom stereocenters. The van der Waals surface area contributed by atoms with Crippen molar-refractivity contribution in [1.82, 2.24) is 0 Å². The second kappa shape index (κ2) is 10.5. The molecule has 34 heavy (non-hydrogen) atoms. The van der Waals surface area contributed by atoms with Crippen LogP contribution in [0.15, 0.2) is 65.6 Å². The zero-order valence-corrected chi connectivity index (χ0v) is 19.6. The average molecular weight is 508 g/mol. The normalized spacial score (nSPS) is 10.9. The molecule has 11 heteroatoms. The predicted octanol–water partition coefficient (Wildman–Crippen LogP) is 4.34. The number of nitrogens with one attached hydrogen (secondary N) is 1. The Morgan fingerprint density at radius 1 is 0.971 bits per heavy atom. The highest BCUT2D eigenvalue weighted by molar-refractivity contribution is 7.92. The van der Waals surface area contributed by atoms with Gasteiger partial charge in [-0.3, -0.25) is 9.52 Å². The van der Waals surface area contributed by atoms with E-state index >= 15 is 0 Å². The number of halogens is 2. The van der Waals surface area contributed by atoms with Gasteiger partial charge in [0.05, 0.1) is 41.0 Å². The van der Waals surface area contributed by atoms with Crippen LogP contribution in [-0.2, 0) is 14.8 Å². The van der Waals surface area contributed by atoms with Crippen molar-refractivity contribution in [2.75, 3.05) is 25.5 Å². The maximum Gasteiger partial charge on any atom is 0.338 e.